The summed E-state index contributed by atoms with van der Waals surface area (Å²) in [4.78, 5) is 6.87. The first-order chi connectivity index (χ1) is 9.65. The topological polar surface area (TPSA) is 56.3 Å². The predicted molar refractivity (Wildman–Crippen MR) is 83.8 cm³/mol. The number of hydrogen-bond acceptors (Lipinski definition) is 4. The Labute approximate surface area is 126 Å². The van der Waals surface area contributed by atoms with Gasteiger partial charge in [-0.1, -0.05) is 15.9 Å². The first-order valence-electron chi connectivity index (χ1n) is 6.88. The smallest absolute Gasteiger partial charge is 0.201 e. The Hall–Kier alpha value is -1.11. The molecule has 3 rings (SSSR count). The Morgan fingerprint density at radius 3 is 2.90 bits per heavy atom. The van der Waals surface area contributed by atoms with Crippen LogP contribution >= 0.6 is 15.9 Å². The summed E-state index contributed by atoms with van der Waals surface area (Å²) in [5.74, 6) is 0.582. The number of ether oxygens (including phenoxy) is 1. The molecule has 6 heteroatoms. The fourth-order valence-electron chi connectivity index (χ4n) is 2.79. The molecule has 1 saturated heterocycles. The van der Waals surface area contributed by atoms with Crippen molar-refractivity contribution in [2.45, 2.75) is 13.0 Å². The van der Waals surface area contributed by atoms with Crippen molar-refractivity contribution in [3.63, 3.8) is 0 Å². The molecule has 1 unspecified atom stereocenters. The Morgan fingerprint density at radius 2 is 2.15 bits per heavy atom. The van der Waals surface area contributed by atoms with Crippen molar-refractivity contribution >= 4 is 32.9 Å². The van der Waals surface area contributed by atoms with E-state index in [0.29, 0.717) is 12.0 Å². The predicted octanol–water partition coefficient (Wildman–Crippen LogP) is 2.27. The molecular formula is C14H19BrN4O. The van der Waals surface area contributed by atoms with Gasteiger partial charge in [-0.25, -0.2) is 4.98 Å². The van der Waals surface area contributed by atoms with Crippen LogP contribution in [0.2, 0.25) is 0 Å². The minimum Gasteiger partial charge on any atom is -0.379 e. The average molecular weight is 339 g/mol. The van der Waals surface area contributed by atoms with Gasteiger partial charge in [0.1, 0.15) is 0 Å². The lowest BCUT2D eigenvalue weighted by molar-refractivity contribution is 0.0329. The molecule has 1 aromatic carbocycles. The van der Waals surface area contributed by atoms with Crippen molar-refractivity contribution in [3.05, 3.63) is 22.7 Å². The Balaban J connectivity index is 1.86. The van der Waals surface area contributed by atoms with E-state index in [1.807, 2.05) is 12.1 Å². The highest BCUT2D eigenvalue weighted by Crippen LogP contribution is 2.26. The van der Waals surface area contributed by atoms with Crippen LogP contribution in [-0.2, 0) is 4.74 Å². The molecule has 1 atom stereocenters. The van der Waals surface area contributed by atoms with E-state index in [4.69, 9.17) is 10.5 Å². The second-order valence-electron chi connectivity index (χ2n) is 5.24. The van der Waals surface area contributed by atoms with Crippen molar-refractivity contribution < 1.29 is 4.74 Å². The highest BCUT2D eigenvalue weighted by atomic mass is 79.9. The van der Waals surface area contributed by atoms with Gasteiger partial charge in [-0.15, -0.1) is 0 Å². The van der Waals surface area contributed by atoms with Gasteiger partial charge in [0.05, 0.1) is 24.2 Å². The van der Waals surface area contributed by atoms with E-state index < -0.39 is 0 Å². The van der Waals surface area contributed by atoms with Crippen LogP contribution in [0.1, 0.15) is 13.0 Å². The summed E-state index contributed by atoms with van der Waals surface area (Å²) < 4.78 is 8.53. The zero-order chi connectivity index (χ0) is 14.1. The van der Waals surface area contributed by atoms with Gasteiger partial charge >= 0.3 is 0 Å². The Morgan fingerprint density at radius 1 is 1.40 bits per heavy atom. The largest absolute Gasteiger partial charge is 0.379 e. The van der Waals surface area contributed by atoms with E-state index >= 15 is 0 Å². The van der Waals surface area contributed by atoms with Crippen LogP contribution in [0.15, 0.2) is 22.7 Å². The molecule has 0 amide bonds. The van der Waals surface area contributed by atoms with Crippen LogP contribution in [0.25, 0.3) is 11.0 Å². The minimum atomic E-state index is 0.291. The number of fused-ring (bicyclic) bond motifs is 1. The lowest BCUT2D eigenvalue weighted by atomic mass is 10.2. The standard InChI is InChI=1S/C14H19BrN4O/c1-10(9-18-4-6-20-7-5-18)19-13-3-2-11(15)8-12(13)17-14(19)16/h2-3,8,10H,4-7,9H2,1H3,(H2,16,17). The molecule has 1 aliphatic heterocycles. The van der Waals surface area contributed by atoms with Gasteiger partial charge in [0, 0.05) is 30.1 Å². The maximum absolute atomic E-state index is 6.10. The van der Waals surface area contributed by atoms with Gasteiger partial charge in [-0.05, 0) is 25.1 Å². The molecule has 1 aliphatic rings. The number of halogens is 1. The molecule has 2 heterocycles. The third kappa shape index (κ3) is 2.68. The molecule has 1 fully saturated rings. The quantitative estimate of drug-likeness (QED) is 0.932. The molecule has 0 aliphatic carbocycles. The molecule has 0 bridgehead atoms. The van der Waals surface area contributed by atoms with E-state index in [0.717, 1.165) is 48.4 Å². The normalized spacial score (nSPS) is 18.5. The van der Waals surface area contributed by atoms with Crippen molar-refractivity contribution in [1.29, 1.82) is 0 Å². The summed E-state index contributed by atoms with van der Waals surface area (Å²) in [5, 5.41) is 0. The molecule has 2 N–H and O–H groups in total. The van der Waals surface area contributed by atoms with E-state index in [-0.39, 0.29) is 0 Å². The zero-order valence-corrected chi connectivity index (χ0v) is 13.1. The van der Waals surface area contributed by atoms with Crippen molar-refractivity contribution in [1.82, 2.24) is 14.5 Å². The van der Waals surface area contributed by atoms with Gasteiger partial charge < -0.3 is 15.0 Å². The Bertz CT molecular complexity index is 606. The number of benzene rings is 1. The number of anilines is 1. The molecular weight excluding hydrogens is 320 g/mol. The highest BCUT2D eigenvalue weighted by molar-refractivity contribution is 9.10. The molecule has 2 aromatic rings. The summed E-state index contributed by atoms with van der Waals surface area (Å²) >= 11 is 3.47. The molecule has 5 nitrogen and oxygen atoms in total. The highest BCUT2D eigenvalue weighted by Gasteiger charge is 2.18. The number of nitrogen functional groups attached to an aromatic ring is 1. The van der Waals surface area contributed by atoms with Crippen LogP contribution in [0.3, 0.4) is 0 Å². The van der Waals surface area contributed by atoms with Crippen LogP contribution in [0.5, 0.6) is 0 Å². The van der Waals surface area contributed by atoms with Gasteiger partial charge in [0.15, 0.2) is 0 Å². The van der Waals surface area contributed by atoms with Crippen molar-refractivity contribution in [2.75, 3.05) is 38.6 Å². The second-order valence-corrected chi connectivity index (χ2v) is 6.15. The van der Waals surface area contributed by atoms with E-state index in [1.54, 1.807) is 0 Å². The summed E-state index contributed by atoms with van der Waals surface area (Å²) in [6.45, 7) is 6.77. The van der Waals surface area contributed by atoms with Crippen LogP contribution < -0.4 is 5.73 Å². The number of morpholine rings is 1. The van der Waals surface area contributed by atoms with E-state index in [2.05, 4.69) is 43.4 Å². The molecule has 0 radical (unpaired) electrons. The van der Waals surface area contributed by atoms with Crippen LogP contribution in [-0.4, -0.2) is 47.3 Å². The lowest BCUT2D eigenvalue weighted by Gasteiger charge is -2.30. The van der Waals surface area contributed by atoms with E-state index in [1.165, 1.54) is 0 Å². The fraction of sp³-hybridized carbons (Fsp3) is 0.500. The average Bonchev–Trinajstić information content (AvgIpc) is 2.74. The van der Waals surface area contributed by atoms with Crippen LogP contribution in [0.4, 0.5) is 5.95 Å². The van der Waals surface area contributed by atoms with Crippen molar-refractivity contribution in [3.8, 4) is 0 Å². The summed E-state index contributed by atoms with van der Waals surface area (Å²) in [6, 6.07) is 6.39. The molecule has 1 aromatic heterocycles. The van der Waals surface area contributed by atoms with E-state index in [9.17, 15) is 0 Å². The molecule has 108 valence electrons. The Kier molecular flexibility index (Phi) is 3.96. The zero-order valence-electron chi connectivity index (χ0n) is 11.6. The monoisotopic (exact) mass is 338 g/mol. The third-order valence-corrected chi connectivity index (χ3v) is 4.24. The number of hydrogen-bond donors (Lipinski definition) is 1. The maximum Gasteiger partial charge on any atom is 0.201 e. The summed E-state index contributed by atoms with van der Waals surface area (Å²) in [5.41, 5.74) is 8.13. The van der Waals surface area contributed by atoms with Gasteiger partial charge in [-0.3, -0.25) is 4.90 Å². The molecule has 20 heavy (non-hydrogen) atoms. The third-order valence-electron chi connectivity index (χ3n) is 3.75. The number of nitrogens with zero attached hydrogens (tertiary/aromatic N) is 3. The molecule has 0 saturated carbocycles. The first-order valence-corrected chi connectivity index (χ1v) is 7.67. The van der Waals surface area contributed by atoms with Gasteiger partial charge in [0.2, 0.25) is 5.95 Å². The van der Waals surface area contributed by atoms with Crippen molar-refractivity contribution in [2.24, 2.45) is 0 Å². The lowest BCUT2D eigenvalue weighted by Crippen LogP contribution is -2.39. The number of imidazole rings is 1. The van der Waals surface area contributed by atoms with Crippen LogP contribution in [0, 0.1) is 0 Å². The fourth-order valence-corrected chi connectivity index (χ4v) is 3.14. The SMILES string of the molecule is CC(CN1CCOCC1)n1c(N)nc2cc(Br)ccc21. The minimum absolute atomic E-state index is 0.291. The maximum atomic E-state index is 6.10. The second kappa shape index (κ2) is 5.71. The number of aromatic nitrogens is 2. The molecule has 0 spiro atoms. The van der Waals surface area contributed by atoms with Gasteiger partial charge in [-0.2, -0.15) is 0 Å². The number of rotatable bonds is 3. The first kappa shape index (κ1) is 13.9. The number of nitrogens with two attached hydrogens (primary N) is 1. The summed E-state index contributed by atoms with van der Waals surface area (Å²) in [6.07, 6.45) is 0. The van der Waals surface area contributed by atoms with Gasteiger partial charge in [0.25, 0.3) is 0 Å². The summed E-state index contributed by atoms with van der Waals surface area (Å²) in [7, 11) is 0.